The van der Waals surface area contributed by atoms with Crippen molar-refractivity contribution in [3.05, 3.63) is 23.8 Å². The van der Waals surface area contributed by atoms with Crippen LogP contribution in [0.4, 0.5) is 0 Å². The summed E-state index contributed by atoms with van der Waals surface area (Å²) in [6.45, 7) is 9.89. The molecule has 21 heavy (non-hydrogen) atoms. The van der Waals surface area contributed by atoms with Gasteiger partial charge in [-0.3, -0.25) is 0 Å². The second kappa shape index (κ2) is 9.28. The van der Waals surface area contributed by atoms with E-state index < -0.39 is 0 Å². The fourth-order valence-corrected chi connectivity index (χ4v) is 1.82. The van der Waals surface area contributed by atoms with Crippen LogP contribution in [0.15, 0.2) is 18.2 Å². The molecule has 0 aliphatic rings. The second-order valence-corrected chi connectivity index (χ2v) is 6.20. The molecule has 0 fully saturated rings. The van der Waals surface area contributed by atoms with Crippen LogP contribution in [0.2, 0.25) is 0 Å². The highest BCUT2D eigenvalue weighted by Crippen LogP contribution is 2.30. The average Bonchev–Trinajstić information content (AvgIpc) is 2.44. The number of ether oxygens (including phenoxy) is 2. The molecule has 0 spiro atoms. The Morgan fingerprint density at radius 2 is 1.62 bits per heavy atom. The van der Waals surface area contributed by atoms with Crippen LogP contribution in [0, 0.1) is 23.2 Å². The van der Waals surface area contributed by atoms with Gasteiger partial charge in [-0.15, -0.1) is 0 Å². The van der Waals surface area contributed by atoms with Gasteiger partial charge in [0.05, 0.1) is 19.3 Å². The predicted octanol–water partition coefficient (Wildman–Crippen LogP) is 4.60. The van der Waals surface area contributed by atoms with Crippen molar-refractivity contribution >= 4 is 0 Å². The summed E-state index contributed by atoms with van der Waals surface area (Å²) in [7, 11) is 0. The number of benzene rings is 1. The van der Waals surface area contributed by atoms with E-state index >= 15 is 0 Å². The van der Waals surface area contributed by atoms with Crippen molar-refractivity contribution in [2.24, 2.45) is 11.8 Å². The van der Waals surface area contributed by atoms with E-state index in [9.17, 15) is 0 Å². The van der Waals surface area contributed by atoms with Crippen LogP contribution in [0.1, 0.15) is 46.1 Å². The van der Waals surface area contributed by atoms with Gasteiger partial charge in [0, 0.05) is 6.42 Å². The lowest BCUT2D eigenvalue weighted by Crippen LogP contribution is -2.09. The van der Waals surface area contributed by atoms with E-state index in [0.29, 0.717) is 31.5 Å². The summed E-state index contributed by atoms with van der Waals surface area (Å²) >= 11 is 0. The number of unbranched alkanes of at least 4 members (excludes halogenated alkanes) is 1. The molecule has 0 amide bonds. The fourth-order valence-electron chi connectivity index (χ4n) is 1.82. The molecule has 0 radical (unpaired) electrons. The SMILES string of the molecule is CC(C)COc1ccc(CCCC#N)cc1OCC(C)C. The summed E-state index contributed by atoms with van der Waals surface area (Å²) in [6.07, 6.45) is 2.37. The summed E-state index contributed by atoms with van der Waals surface area (Å²) in [5, 5.41) is 8.62. The summed E-state index contributed by atoms with van der Waals surface area (Å²) in [4.78, 5) is 0. The van der Waals surface area contributed by atoms with Gasteiger partial charge < -0.3 is 9.47 Å². The molecule has 0 N–H and O–H groups in total. The molecule has 0 aliphatic carbocycles. The van der Waals surface area contributed by atoms with Crippen LogP contribution in [-0.2, 0) is 6.42 Å². The van der Waals surface area contributed by atoms with Crippen molar-refractivity contribution in [1.82, 2.24) is 0 Å². The van der Waals surface area contributed by atoms with Gasteiger partial charge in [0.15, 0.2) is 11.5 Å². The van der Waals surface area contributed by atoms with Gasteiger partial charge in [0.1, 0.15) is 0 Å². The van der Waals surface area contributed by atoms with Crippen molar-refractivity contribution in [2.75, 3.05) is 13.2 Å². The van der Waals surface area contributed by atoms with E-state index in [1.165, 1.54) is 5.56 Å². The van der Waals surface area contributed by atoms with Gasteiger partial charge in [-0.25, -0.2) is 0 Å². The maximum Gasteiger partial charge on any atom is 0.161 e. The molecule has 0 aromatic heterocycles. The Kier molecular flexibility index (Phi) is 7.68. The van der Waals surface area contributed by atoms with Gasteiger partial charge >= 0.3 is 0 Å². The third-order valence-corrected chi connectivity index (χ3v) is 2.91. The first-order valence-corrected chi connectivity index (χ1v) is 7.78. The zero-order chi connectivity index (χ0) is 15.7. The first-order valence-electron chi connectivity index (χ1n) is 7.78. The highest BCUT2D eigenvalue weighted by molar-refractivity contribution is 5.43. The molecule has 3 heteroatoms. The first kappa shape index (κ1) is 17.4. The van der Waals surface area contributed by atoms with Crippen LogP contribution in [-0.4, -0.2) is 13.2 Å². The van der Waals surface area contributed by atoms with Gasteiger partial charge in [0.2, 0.25) is 0 Å². The lowest BCUT2D eigenvalue weighted by Gasteiger charge is -2.16. The average molecular weight is 289 g/mol. The molecule has 0 unspecified atom stereocenters. The molecular weight excluding hydrogens is 262 g/mol. The number of nitrogens with zero attached hydrogens (tertiary/aromatic N) is 1. The maximum atomic E-state index is 8.62. The molecule has 0 atom stereocenters. The minimum absolute atomic E-state index is 0.477. The van der Waals surface area contributed by atoms with E-state index in [2.05, 4.69) is 45.9 Å². The molecule has 1 rings (SSSR count). The summed E-state index contributed by atoms with van der Waals surface area (Å²) in [5.41, 5.74) is 1.20. The van der Waals surface area contributed by atoms with Gasteiger partial charge in [0.25, 0.3) is 0 Å². The molecule has 0 aliphatic heterocycles. The molecule has 1 aromatic rings. The zero-order valence-corrected chi connectivity index (χ0v) is 13.7. The number of nitriles is 1. The minimum atomic E-state index is 0.477. The molecule has 0 bridgehead atoms. The molecule has 0 saturated heterocycles. The second-order valence-electron chi connectivity index (χ2n) is 6.20. The Balaban J connectivity index is 2.77. The Morgan fingerprint density at radius 3 is 2.19 bits per heavy atom. The van der Waals surface area contributed by atoms with E-state index in [-0.39, 0.29) is 0 Å². The Labute approximate surface area is 128 Å². The van der Waals surface area contributed by atoms with Gasteiger partial charge in [-0.1, -0.05) is 33.8 Å². The minimum Gasteiger partial charge on any atom is -0.489 e. The van der Waals surface area contributed by atoms with E-state index in [4.69, 9.17) is 14.7 Å². The Morgan fingerprint density at radius 1 is 1.00 bits per heavy atom. The highest BCUT2D eigenvalue weighted by Gasteiger charge is 2.09. The monoisotopic (exact) mass is 289 g/mol. The topological polar surface area (TPSA) is 42.2 Å². The van der Waals surface area contributed by atoms with Crippen molar-refractivity contribution in [3.63, 3.8) is 0 Å². The summed E-state index contributed by atoms with van der Waals surface area (Å²) in [5.74, 6) is 2.59. The number of aryl methyl sites for hydroxylation is 1. The third kappa shape index (κ3) is 7.04. The smallest absolute Gasteiger partial charge is 0.161 e. The molecular formula is C18H27NO2. The number of hydrogen-bond donors (Lipinski definition) is 0. The van der Waals surface area contributed by atoms with Crippen LogP contribution in [0.25, 0.3) is 0 Å². The van der Waals surface area contributed by atoms with Crippen LogP contribution in [0.3, 0.4) is 0 Å². The molecule has 1 aromatic carbocycles. The standard InChI is InChI=1S/C18H27NO2/c1-14(2)12-20-17-9-8-16(7-5-6-10-19)11-18(17)21-13-15(3)4/h8-9,11,14-15H,5-7,12-13H2,1-4H3. The van der Waals surface area contributed by atoms with Crippen LogP contribution in [0.5, 0.6) is 11.5 Å². The fraction of sp³-hybridized carbons (Fsp3) is 0.611. The quantitative estimate of drug-likeness (QED) is 0.624. The predicted molar refractivity (Wildman–Crippen MR) is 85.7 cm³/mol. The largest absolute Gasteiger partial charge is 0.489 e. The zero-order valence-electron chi connectivity index (χ0n) is 13.7. The third-order valence-electron chi connectivity index (χ3n) is 2.91. The van der Waals surface area contributed by atoms with Crippen molar-refractivity contribution in [2.45, 2.75) is 47.0 Å². The van der Waals surface area contributed by atoms with Crippen molar-refractivity contribution in [1.29, 1.82) is 5.26 Å². The maximum absolute atomic E-state index is 8.62. The van der Waals surface area contributed by atoms with Gasteiger partial charge in [-0.05, 0) is 42.4 Å². The van der Waals surface area contributed by atoms with Gasteiger partial charge in [-0.2, -0.15) is 5.26 Å². The molecule has 0 heterocycles. The Hall–Kier alpha value is -1.69. The number of hydrogen-bond acceptors (Lipinski definition) is 3. The lowest BCUT2D eigenvalue weighted by molar-refractivity contribution is 0.229. The Bertz CT molecular complexity index is 461. The van der Waals surface area contributed by atoms with Crippen molar-refractivity contribution < 1.29 is 9.47 Å². The van der Waals surface area contributed by atoms with E-state index in [0.717, 1.165) is 24.3 Å². The molecule has 0 saturated carbocycles. The summed E-state index contributed by atoms with van der Waals surface area (Å²) in [6, 6.07) is 8.28. The van der Waals surface area contributed by atoms with E-state index in [1.807, 2.05) is 6.07 Å². The number of rotatable bonds is 9. The lowest BCUT2D eigenvalue weighted by atomic mass is 10.1. The normalized spacial score (nSPS) is 10.7. The van der Waals surface area contributed by atoms with E-state index in [1.54, 1.807) is 0 Å². The summed E-state index contributed by atoms with van der Waals surface area (Å²) < 4.78 is 11.7. The van der Waals surface area contributed by atoms with Crippen molar-refractivity contribution in [3.8, 4) is 17.6 Å². The highest BCUT2D eigenvalue weighted by atomic mass is 16.5. The first-order chi connectivity index (χ1) is 10.0. The van der Waals surface area contributed by atoms with Crippen LogP contribution < -0.4 is 9.47 Å². The molecule has 3 nitrogen and oxygen atoms in total. The molecule has 116 valence electrons. The van der Waals surface area contributed by atoms with Crippen LogP contribution >= 0.6 is 0 Å².